The molecule has 1 aliphatic heterocycles. The third kappa shape index (κ3) is 3.37. The molecule has 142 valence electrons. The standard InChI is InChI=1S/C21H17N7O/c29-21(25-16-6-8-22-9-7-16)15-3-1-2-13(10-15)19-17-11-14(20-23-12-24-28-20)4-5-18(17)26-27-19/h1,3-13H,2H2,(H,26,27)(H,22,25,29)(H,23,24,28)/p+1. The van der Waals surface area contributed by atoms with Gasteiger partial charge in [-0.3, -0.25) is 14.9 Å². The number of amides is 1. The van der Waals surface area contributed by atoms with Crippen LogP contribution in [-0.4, -0.2) is 33.3 Å². The molecule has 3 heterocycles. The molecule has 1 amide bonds. The number of nitrogens with two attached hydrogens (primary N) is 1. The van der Waals surface area contributed by atoms with Crippen LogP contribution < -0.4 is 10.7 Å². The van der Waals surface area contributed by atoms with Gasteiger partial charge in [0.15, 0.2) is 0 Å². The lowest BCUT2D eigenvalue weighted by Crippen LogP contribution is -2.74. The van der Waals surface area contributed by atoms with Crippen molar-refractivity contribution in [2.75, 3.05) is 5.32 Å². The number of benzene rings is 1. The molecule has 8 heteroatoms. The summed E-state index contributed by atoms with van der Waals surface area (Å²) in [5, 5.41) is 15.8. The van der Waals surface area contributed by atoms with Crippen molar-refractivity contribution in [2.45, 2.75) is 12.3 Å². The van der Waals surface area contributed by atoms with E-state index in [1.165, 1.54) is 0 Å². The van der Waals surface area contributed by atoms with E-state index < -0.39 is 0 Å². The normalized spacial score (nSPS) is 18.0. The van der Waals surface area contributed by atoms with Gasteiger partial charge in [-0.05, 0) is 36.8 Å². The molecule has 4 N–H and O–H groups in total. The van der Waals surface area contributed by atoms with Gasteiger partial charge in [-0.25, -0.2) is 0 Å². The molecule has 0 saturated heterocycles. The van der Waals surface area contributed by atoms with Crippen LogP contribution in [0.5, 0.6) is 0 Å². The first-order valence-corrected chi connectivity index (χ1v) is 9.30. The maximum atomic E-state index is 12.7. The zero-order valence-electron chi connectivity index (χ0n) is 15.4. The van der Waals surface area contributed by atoms with Crippen LogP contribution in [0.1, 0.15) is 23.6 Å². The van der Waals surface area contributed by atoms with Gasteiger partial charge in [-0.2, -0.15) is 15.5 Å². The molecule has 1 unspecified atom stereocenters. The highest BCUT2D eigenvalue weighted by atomic mass is 16.1. The molecule has 2 aromatic heterocycles. The van der Waals surface area contributed by atoms with Crippen LogP contribution in [0.25, 0.3) is 10.9 Å². The fourth-order valence-corrected chi connectivity index (χ4v) is 3.51. The number of carbonyl (C=O) groups excluding carboxylic acids is 1. The van der Waals surface area contributed by atoms with Gasteiger partial charge in [0, 0.05) is 40.5 Å². The van der Waals surface area contributed by atoms with Crippen molar-refractivity contribution < 1.29 is 10.2 Å². The lowest BCUT2D eigenvalue weighted by Gasteiger charge is -2.16. The van der Waals surface area contributed by atoms with Gasteiger partial charge >= 0.3 is 0 Å². The number of aromatic nitrogens is 3. The Morgan fingerprint density at radius 1 is 1.21 bits per heavy atom. The molecule has 2 aliphatic rings. The number of H-pyrrole nitrogens is 1. The van der Waals surface area contributed by atoms with E-state index in [4.69, 9.17) is 0 Å². The fourth-order valence-electron chi connectivity index (χ4n) is 3.51. The molecule has 0 fully saturated rings. The van der Waals surface area contributed by atoms with E-state index in [2.05, 4.69) is 30.6 Å². The molecule has 29 heavy (non-hydrogen) atoms. The second-order valence-corrected chi connectivity index (χ2v) is 6.81. The third-order valence-corrected chi connectivity index (χ3v) is 4.94. The molecule has 0 spiro atoms. The van der Waals surface area contributed by atoms with E-state index in [0.717, 1.165) is 28.6 Å². The van der Waals surface area contributed by atoms with Gasteiger partial charge < -0.3 is 5.32 Å². The molecular weight excluding hydrogens is 366 g/mol. The molecule has 3 aromatic rings. The van der Waals surface area contributed by atoms with E-state index in [-0.39, 0.29) is 11.8 Å². The molecule has 8 nitrogen and oxygen atoms in total. The zero-order valence-corrected chi connectivity index (χ0v) is 15.4. The average molecular weight is 384 g/mol. The smallest absolute Gasteiger partial charge is 0.255 e. The van der Waals surface area contributed by atoms with Crippen LogP contribution in [-0.2, 0) is 4.79 Å². The molecule has 1 aromatic carbocycles. The monoisotopic (exact) mass is 384 g/mol. The van der Waals surface area contributed by atoms with Crippen molar-refractivity contribution >= 4 is 34.7 Å². The van der Waals surface area contributed by atoms with Gasteiger partial charge in [0.1, 0.15) is 0 Å². The maximum absolute atomic E-state index is 12.7. The van der Waals surface area contributed by atoms with Crippen molar-refractivity contribution in [1.29, 1.82) is 0 Å². The fraction of sp³-hybridized carbons (Fsp3) is 0.0952. The number of aromatic amines is 1. The Bertz CT molecular complexity index is 1200. The zero-order chi connectivity index (χ0) is 19.6. The Hall–Kier alpha value is -3.91. The molecule has 0 radical (unpaired) electrons. The first kappa shape index (κ1) is 17.2. The first-order chi connectivity index (χ1) is 14.3. The number of hydrogen-bond acceptors (Lipinski definition) is 5. The number of nitrogens with zero attached hydrogens (tertiary/aromatic N) is 4. The number of amidine groups is 1. The number of nitrogens with one attached hydrogen (secondary N) is 2. The number of quaternary nitrogens is 1. The van der Waals surface area contributed by atoms with Crippen LogP contribution in [0, 0.1) is 0 Å². The topological polar surface area (TPSA) is 112 Å². The van der Waals surface area contributed by atoms with Gasteiger partial charge in [-0.15, -0.1) is 0 Å². The minimum absolute atomic E-state index is 0.0269. The van der Waals surface area contributed by atoms with Crippen molar-refractivity contribution in [1.82, 2.24) is 15.2 Å². The summed E-state index contributed by atoms with van der Waals surface area (Å²) in [7, 11) is 0. The molecule has 0 saturated carbocycles. The number of hydrogen-bond donors (Lipinski definition) is 3. The Kier molecular flexibility index (Phi) is 4.30. The van der Waals surface area contributed by atoms with Crippen LogP contribution in [0.15, 0.2) is 76.6 Å². The average Bonchev–Trinajstić information content (AvgIpc) is 3.44. The van der Waals surface area contributed by atoms with E-state index in [0.29, 0.717) is 17.1 Å². The number of anilines is 1. The van der Waals surface area contributed by atoms with Crippen LogP contribution in [0.3, 0.4) is 0 Å². The Morgan fingerprint density at radius 2 is 2.10 bits per heavy atom. The van der Waals surface area contributed by atoms with Crippen molar-refractivity contribution in [3.63, 3.8) is 0 Å². The summed E-state index contributed by atoms with van der Waals surface area (Å²) < 4.78 is 0. The van der Waals surface area contributed by atoms with Gasteiger partial charge in [0.25, 0.3) is 5.91 Å². The highest BCUT2D eigenvalue weighted by Crippen LogP contribution is 2.31. The van der Waals surface area contributed by atoms with Crippen LogP contribution in [0.4, 0.5) is 5.69 Å². The number of aliphatic imine (C=N–C) groups is 1. The summed E-state index contributed by atoms with van der Waals surface area (Å²) in [5.74, 6) is 0.571. The van der Waals surface area contributed by atoms with Gasteiger partial charge in [0.05, 0.1) is 11.2 Å². The van der Waals surface area contributed by atoms with Crippen molar-refractivity contribution in [3.05, 3.63) is 77.8 Å². The van der Waals surface area contributed by atoms with Crippen LogP contribution in [0.2, 0.25) is 0 Å². The predicted octanol–water partition coefficient (Wildman–Crippen LogP) is 1.83. The molecular formula is C21H18N7O+. The van der Waals surface area contributed by atoms with E-state index >= 15 is 0 Å². The summed E-state index contributed by atoms with van der Waals surface area (Å²) in [4.78, 5) is 20.9. The summed E-state index contributed by atoms with van der Waals surface area (Å²) in [6, 6.07) is 9.50. The second kappa shape index (κ2) is 7.25. The molecule has 1 aliphatic carbocycles. The molecule has 5 rings (SSSR count). The second-order valence-electron chi connectivity index (χ2n) is 6.81. The number of fused-ring (bicyclic) bond motifs is 1. The number of rotatable bonds is 4. The first-order valence-electron chi connectivity index (χ1n) is 9.30. The minimum Gasteiger partial charge on any atom is -0.322 e. The van der Waals surface area contributed by atoms with Crippen LogP contribution >= 0.6 is 0 Å². The molecule has 1 atom stereocenters. The number of pyridine rings is 1. The van der Waals surface area contributed by atoms with E-state index in [1.54, 1.807) is 36.3 Å². The minimum atomic E-state index is -0.146. The quantitative estimate of drug-likeness (QED) is 0.597. The lowest BCUT2D eigenvalue weighted by atomic mass is 9.91. The van der Waals surface area contributed by atoms with Gasteiger partial charge in [0.2, 0.25) is 12.2 Å². The summed E-state index contributed by atoms with van der Waals surface area (Å²) in [5.41, 5.74) is 5.81. The van der Waals surface area contributed by atoms with E-state index in [9.17, 15) is 4.79 Å². The summed E-state index contributed by atoms with van der Waals surface area (Å²) in [6.45, 7) is 0. The maximum Gasteiger partial charge on any atom is 0.255 e. The largest absolute Gasteiger partial charge is 0.322 e. The third-order valence-electron chi connectivity index (χ3n) is 4.94. The lowest BCUT2D eigenvalue weighted by molar-refractivity contribution is -0.532. The summed E-state index contributed by atoms with van der Waals surface area (Å²) in [6.07, 6.45) is 11.6. The SMILES string of the molecule is O=C(Nc1ccncc1)C1=CC(c2[nH]nc3ccc(C4=N[NH2+]C=N4)cc23)CC=C1. The molecule has 0 bridgehead atoms. The highest BCUT2D eigenvalue weighted by molar-refractivity contribution is 6.06. The summed E-state index contributed by atoms with van der Waals surface area (Å²) >= 11 is 0. The van der Waals surface area contributed by atoms with Crippen molar-refractivity contribution in [3.8, 4) is 0 Å². The number of allylic oxidation sites excluding steroid dienone is 2. The number of carbonyl (C=O) groups is 1. The van der Waals surface area contributed by atoms with E-state index in [1.807, 2.05) is 36.4 Å². The predicted molar refractivity (Wildman–Crippen MR) is 110 cm³/mol. The Morgan fingerprint density at radius 3 is 2.93 bits per heavy atom. The van der Waals surface area contributed by atoms with Crippen molar-refractivity contribution in [2.24, 2.45) is 10.1 Å². The Balaban J connectivity index is 1.45. The van der Waals surface area contributed by atoms with Gasteiger partial charge in [-0.1, -0.05) is 23.3 Å². The Labute approximate surface area is 166 Å². The highest BCUT2D eigenvalue weighted by Gasteiger charge is 2.21.